The van der Waals surface area contributed by atoms with Crippen molar-refractivity contribution in [1.82, 2.24) is 4.90 Å². The average molecular weight is 371 g/mol. The van der Waals surface area contributed by atoms with Gasteiger partial charge in [0.05, 0.1) is 11.5 Å². The lowest BCUT2D eigenvalue weighted by Crippen LogP contribution is -2.44. The van der Waals surface area contributed by atoms with Gasteiger partial charge in [0.15, 0.2) is 14.9 Å². The molecule has 1 aromatic rings. The summed E-state index contributed by atoms with van der Waals surface area (Å²) in [5.41, 5.74) is 2.19. The lowest BCUT2D eigenvalue weighted by molar-refractivity contribution is 0.181. The van der Waals surface area contributed by atoms with E-state index >= 15 is 0 Å². The first-order chi connectivity index (χ1) is 11.4. The van der Waals surface area contributed by atoms with Crippen LogP contribution in [0, 0.1) is 0 Å². The molecule has 0 spiro atoms. The normalized spacial score (nSPS) is 19.2. The molecule has 0 amide bonds. The molecule has 1 N–H and O–H groups in total. The average Bonchev–Trinajstić information content (AvgIpc) is 2.92. The minimum atomic E-state index is -2.95. The number of benzene rings is 1. The van der Waals surface area contributed by atoms with Crippen LogP contribution in [0.2, 0.25) is 0 Å². The van der Waals surface area contributed by atoms with Gasteiger partial charge in [-0.1, -0.05) is 19.1 Å². The zero-order valence-corrected chi connectivity index (χ0v) is 16.0. The van der Waals surface area contributed by atoms with Gasteiger partial charge >= 0.3 is 0 Å². The third-order valence-corrected chi connectivity index (χ3v) is 6.36. The second kappa shape index (κ2) is 8.78. The molecule has 0 radical (unpaired) electrons. The van der Waals surface area contributed by atoms with Crippen LogP contribution in [0.3, 0.4) is 0 Å². The summed E-state index contributed by atoms with van der Waals surface area (Å²) in [7, 11) is -1.28. The first-order valence-corrected chi connectivity index (χ1v) is 10.5. The van der Waals surface area contributed by atoms with Gasteiger partial charge in [-0.25, -0.2) is 8.42 Å². The highest BCUT2D eigenvalue weighted by molar-refractivity contribution is 7.91. The number of rotatable bonds is 7. The minimum Gasteiger partial charge on any atom is -0.385 e. The van der Waals surface area contributed by atoms with Gasteiger partial charge in [0.1, 0.15) is 0 Å². The topological polar surface area (TPSA) is 58.6 Å². The summed E-state index contributed by atoms with van der Waals surface area (Å²) in [6.07, 6.45) is 2.43. The molecule has 0 aliphatic carbocycles. The lowest BCUT2D eigenvalue weighted by Gasteiger charge is -2.31. The van der Waals surface area contributed by atoms with Crippen molar-refractivity contribution >= 4 is 32.9 Å². The van der Waals surface area contributed by atoms with Gasteiger partial charge in [-0.2, -0.15) is 0 Å². The predicted octanol–water partition coefficient (Wildman–Crippen LogP) is 2.47. The number of hydrogen-bond donors (Lipinski definition) is 1. The van der Waals surface area contributed by atoms with Crippen molar-refractivity contribution in [1.29, 1.82) is 0 Å². The SMILES string of the molecule is CCc1ccc(NC(=S)N(CCCOC)[C@H]2CCS(=O)(=O)C2)cc1. The number of hydrogen-bond acceptors (Lipinski definition) is 4. The number of anilines is 1. The van der Waals surface area contributed by atoms with Gasteiger partial charge in [-0.15, -0.1) is 0 Å². The molecule has 0 unspecified atom stereocenters. The maximum Gasteiger partial charge on any atom is 0.173 e. The summed E-state index contributed by atoms with van der Waals surface area (Å²) in [4.78, 5) is 2.01. The first kappa shape index (κ1) is 19.1. The quantitative estimate of drug-likeness (QED) is 0.588. The van der Waals surface area contributed by atoms with Crippen molar-refractivity contribution in [2.75, 3.05) is 37.1 Å². The van der Waals surface area contributed by atoms with Crippen LogP contribution in [0.1, 0.15) is 25.3 Å². The predicted molar refractivity (Wildman–Crippen MR) is 102 cm³/mol. The van der Waals surface area contributed by atoms with E-state index in [9.17, 15) is 8.42 Å². The number of nitrogens with zero attached hydrogens (tertiary/aromatic N) is 1. The Labute approximate surface area is 150 Å². The first-order valence-electron chi connectivity index (χ1n) is 8.31. The van der Waals surface area contributed by atoms with Crippen LogP contribution in [0.4, 0.5) is 5.69 Å². The van der Waals surface area contributed by atoms with Crippen LogP contribution >= 0.6 is 12.2 Å². The summed E-state index contributed by atoms with van der Waals surface area (Å²) in [6, 6.07) is 8.09. The number of aryl methyl sites for hydroxylation is 1. The Hall–Kier alpha value is -1.18. The van der Waals surface area contributed by atoms with E-state index in [-0.39, 0.29) is 17.5 Å². The van der Waals surface area contributed by atoms with Gasteiger partial charge < -0.3 is 15.0 Å². The fourth-order valence-electron chi connectivity index (χ4n) is 2.87. The molecule has 24 heavy (non-hydrogen) atoms. The zero-order chi connectivity index (χ0) is 17.6. The molecule has 7 heteroatoms. The van der Waals surface area contributed by atoms with Gasteiger partial charge in [0.25, 0.3) is 0 Å². The van der Waals surface area contributed by atoms with E-state index < -0.39 is 9.84 Å². The second-order valence-electron chi connectivity index (χ2n) is 6.08. The van der Waals surface area contributed by atoms with Crippen molar-refractivity contribution in [2.24, 2.45) is 0 Å². The molecule has 1 heterocycles. The van der Waals surface area contributed by atoms with Crippen molar-refractivity contribution in [3.63, 3.8) is 0 Å². The molecule has 2 rings (SSSR count). The molecule has 1 aromatic carbocycles. The van der Waals surface area contributed by atoms with Crippen molar-refractivity contribution in [3.05, 3.63) is 29.8 Å². The Kier molecular flexibility index (Phi) is 7.01. The fraction of sp³-hybridized carbons (Fsp3) is 0.588. The van der Waals surface area contributed by atoms with Crippen LogP contribution < -0.4 is 5.32 Å². The van der Waals surface area contributed by atoms with E-state index in [1.165, 1.54) is 5.56 Å². The van der Waals surface area contributed by atoms with Gasteiger partial charge in [-0.05, 0) is 49.2 Å². The molecule has 5 nitrogen and oxygen atoms in total. The highest BCUT2D eigenvalue weighted by Gasteiger charge is 2.33. The molecule has 0 saturated carbocycles. The molecule has 1 fully saturated rings. The van der Waals surface area contributed by atoms with E-state index in [0.29, 0.717) is 24.7 Å². The van der Waals surface area contributed by atoms with Gasteiger partial charge in [-0.3, -0.25) is 0 Å². The number of thiocarbonyl (C=S) groups is 1. The van der Waals surface area contributed by atoms with Gasteiger partial charge in [0.2, 0.25) is 0 Å². The summed E-state index contributed by atoms with van der Waals surface area (Å²) in [5, 5.41) is 3.83. The van der Waals surface area contributed by atoms with E-state index in [0.717, 1.165) is 18.5 Å². The Morgan fingerprint density at radius 3 is 2.62 bits per heavy atom. The minimum absolute atomic E-state index is 0.0539. The Morgan fingerprint density at radius 2 is 2.08 bits per heavy atom. The number of sulfone groups is 1. The van der Waals surface area contributed by atoms with E-state index in [1.54, 1.807) is 7.11 Å². The maximum atomic E-state index is 11.8. The molecule has 1 aliphatic heterocycles. The molecular formula is C17H26N2O3S2. The van der Waals surface area contributed by atoms with Gasteiger partial charge in [0, 0.05) is 32.0 Å². The van der Waals surface area contributed by atoms with Crippen LogP contribution in [-0.2, 0) is 21.0 Å². The zero-order valence-electron chi connectivity index (χ0n) is 14.3. The number of ether oxygens (including phenoxy) is 1. The summed E-state index contributed by atoms with van der Waals surface area (Å²) in [6.45, 7) is 3.43. The highest BCUT2D eigenvalue weighted by Crippen LogP contribution is 2.20. The highest BCUT2D eigenvalue weighted by atomic mass is 32.2. The van der Waals surface area contributed by atoms with E-state index in [2.05, 4.69) is 24.4 Å². The molecule has 0 aromatic heterocycles. The third-order valence-electron chi connectivity index (χ3n) is 4.27. The van der Waals surface area contributed by atoms with E-state index in [1.807, 2.05) is 17.0 Å². The van der Waals surface area contributed by atoms with Crippen LogP contribution in [0.25, 0.3) is 0 Å². The molecule has 1 atom stereocenters. The Bertz CT molecular complexity index is 644. The van der Waals surface area contributed by atoms with Crippen LogP contribution in [0.5, 0.6) is 0 Å². The Balaban J connectivity index is 2.05. The fourth-order valence-corrected chi connectivity index (χ4v) is 4.96. The monoisotopic (exact) mass is 370 g/mol. The maximum absolute atomic E-state index is 11.8. The van der Waals surface area contributed by atoms with Crippen molar-refractivity contribution in [3.8, 4) is 0 Å². The Morgan fingerprint density at radius 1 is 1.38 bits per heavy atom. The molecule has 1 saturated heterocycles. The molecular weight excluding hydrogens is 344 g/mol. The van der Waals surface area contributed by atoms with Crippen LogP contribution in [-0.4, -0.2) is 56.2 Å². The van der Waals surface area contributed by atoms with Crippen molar-refractivity contribution < 1.29 is 13.2 Å². The van der Waals surface area contributed by atoms with E-state index in [4.69, 9.17) is 17.0 Å². The number of nitrogens with one attached hydrogen (secondary N) is 1. The molecule has 0 bridgehead atoms. The van der Waals surface area contributed by atoms with Crippen LogP contribution in [0.15, 0.2) is 24.3 Å². The summed E-state index contributed by atoms with van der Waals surface area (Å²) >= 11 is 5.56. The third kappa shape index (κ3) is 5.43. The number of methoxy groups -OCH3 is 1. The molecule has 1 aliphatic rings. The second-order valence-corrected chi connectivity index (χ2v) is 8.69. The largest absolute Gasteiger partial charge is 0.385 e. The molecule has 134 valence electrons. The standard InChI is InChI=1S/C17H26N2O3S2/c1-3-14-5-7-15(8-6-14)18-17(23)19(10-4-11-22-2)16-9-12-24(20,21)13-16/h5-8,16H,3-4,9-13H2,1-2H3,(H,18,23)/t16-/m0/s1. The lowest BCUT2D eigenvalue weighted by atomic mass is 10.1. The van der Waals surface area contributed by atoms with Crippen molar-refractivity contribution in [2.45, 2.75) is 32.2 Å². The summed E-state index contributed by atoms with van der Waals surface area (Å²) in [5.74, 6) is 0.419. The smallest absolute Gasteiger partial charge is 0.173 e. The summed E-state index contributed by atoms with van der Waals surface area (Å²) < 4.78 is 28.7.